The number of allylic oxidation sites excluding steroid dienone is 1. The predicted molar refractivity (Wildman–Crippen MR) is 91.6 cm³/mol. The number of carbonyl (C=O) groups excluding carboxylic acids is 1. The molecule has 1 atom stereocenters. The van der Waals surface area contributed by atoms with E-state index >= 15 is 0 Å². The van der Waals surface area contributed by atoms with Crippen molar-refractivity contribution in [3.63, 3.8) is 0 Å². The first-order chi connectivity index (χ1) is 12.2. The van der Waals surface area contributed by atoms with Gasteiger partial charge >= 0.3 is 0 Å². The minimum atomic E-state index is -0.390. The van der Waals surface area contributed by atoms with E-state index in [1.165, 1.54) is 6.33 Å². The molecule has 2 N–H and O–H groups in total. The molecule has 124 valence electrons. The van der Waals surface area contributed by atoms with Gasteiger partial charge in [0.1, 0.15) is 12.4 Å². The summed E-state index contributed by atoms with van der Waals surface area (Å²) >= 11 is 0. The molecule has 1 aliphatic heterocycles. The molecule has 3 aromatic rings. The molecule has 0 saturated carbocycles. The molecule has 0 aliphatic carbocycles. The maximum Gasteiger partial charge on any atom is 0.255 e. The summed E-state index contributed by atoms with van der Waals surface area (Å²) in [7, 11) is 0. The van der Waals surface area contributed by atoms with Crippen LogP contribution < -0.4 is 10.6 Å². The number of anilines is 2. The van der Waals surface area contributed by atoms with Gasteiger partial charge in [-0.25, -0.2) is 4.68 Å². The highest BCUT2D eigenvalue weighted by Gasteiger charge is 2.33. The molecule has 8 heteroatoms. The highest BCUT2D eigenvalue weighted by Crippen LogP contribution is 2.34. The van der Waals surface area contributed by atoms with E-state index in [2.05, 4.69) is 30.7 Å². The average Bonchev–Trinajstić information content (AvgIpc) is 3.10. The van der Waals surface area contributed by atoms with Gasteiger partial charge in [0.05, 0.1) is 17.5 Å². The van der Waals surface area contributed by atoms with E-state index in [-0.39, 0.29) is 5.91 Å². The largest absolute Gasteiger partial charge is 0.328 e. The summed E-state index contributed by atoms with van der Waals surface area (Å²) in [6.07, 6.45) is 8.11. The Bertz CT molecular complexity index is 934. The molecule has 1 amide bonds. The van der Waals surface area contributed by atoms with Gasteiger partial charge in [0.25, 0.3) is 5.91 Å². The first kappa shape index (κ1) is 15.0. The number of fused-ring (bicyclic) bond motifs is 1. The summed E-state index contributed by atoms with van der Waals surface area (Å²) in [5.41, 5.74) is 2.82. The SMILES string of the molecule is CC1=C(C(=O)Nc2cccnc2)[C@@H](c2ccncc2)n2ncnc2N1. The van der Waals surface area contributed by atoms with Gasteiger partial charge in [0, 0.05) is 24.3 Å². The van der Waals surface area contributed by atoms with E-state index in [0.717, 1.165) is 11.3 Å². The lowest BCUT2D eigenvalue weighted by Crippen LogP contribution is -2.31. The molecular weight excluding hydrogens is 318 g/mol. The molecule has 0 spiro atoms. The van der Waals surface area contributed by atoms with E-state index < -0.39 is 6.04 Å². The molecule has 0 aromatic carbocycles. The predicted octanol–water partition coefficient (Wildman–Crippen LogP) is 2.00. The zero-order valence-electron chi connectivity index (χ0n) is 13.4. The van der Waals surface area contributed by atoms with Crippen LogP contribution in [0.3, 0.4) is 0 Å². The minimum absolute atomic E-state index is 0.221. The fraction of sp³-hybridized carbons (Fsp3) is 0.118. The second kappa shape index (κ2) is 6.16. The molecule has 3 aromatic heterocycles. The number of rotatable bonds is 3. The van der Waals surface area contributed by atoms with Gasteiger partial charge in [-0.15, -0.1) is 0 Å². The van der Waals surface area contributed by atoms with Crippen molar-refractivity contribution in [3.8, 4) is 0 Å². The van der Waals surface area contributed by atoms with E-state index in [1.807, 2.05) is 19.1 Å². The quantitative estimate of drug-likeness (QED) is 0.761. The molecule has 0 unspecified atom stereocenters. The Morgan fingerprint density at radius 1 is 1.20 bits per heavy atom. The Morgan fingerprint density at radius 3 is 2.80 bits per heavy atom. The number of pyridine rings is 2. The van der Waals surface area contributed by atoms with Crippen molar-refractivity contribution in [2.24, 2.45) is 0 Å². The Kier molecular flexibility index (Phi) is 3.70. The van der Waals surface area contributed by atoms with Crippen molar-refractivity contribution in [1.29, 1.82) is 0 Å². The van der Waals surface area contributed by atoms with E-state index in [9.17, 15) is 4.79 Å². The molecule has 0 radical (unpaired) electrons. The smallest absolute Gasteiger partial charge is 0.255 e. The topological polar surface area (TPSA) is 97.6 Å². The zero-order valence-corrected chi connectivity index (χ0v) is 13.4. The van der Waals surface area contributed by atoms with E-state index in [4.69, 9.17) is 0 Å². The molecule has 0 saturated heterocycles. The fourth-order valence-electron chi connectivity index (χ4n) is 2.87. The van der Waals surface area contributed by atoms with Crippen LogP contribution in [0, 0.1) is 0 Å². The van der Waals surface area contributed by atoms with Crippen LogP contribution in [0.15, 0.2) is 66.7 Å². The number of carbonyl (C=O) groups is 1. The Hall–Kier alpha value is -3.55. The summed E-state index contributed by atoms with van der Waals surface area (Å²) < 4.78 is 1.69. The third-order valence-corrected chi connectivity index (χ3v) is 3.98. The maximum absolute atomic E-state index is 13.0. The van der Waals surface area contributed by atoms with Gasteiger partial charge in [0.2, 0.25) is 5.95 Å². The van der Waals surface area contributed by atoms with Crippen LogP contribution in [0.5, 0.6) is 0 Å². The number of aromatic nitrogens is 5. The van der Waals surface area contributed by atoms with Gasteiger partial charge in [-0.05, 0) is 36.8 Å². The highest BCUT2D eigenvalue weighted by molar-refractivity contribution is 6.05. The second-order valence-corrected chi connectivity index (χ2v) is 5.57. The van der Waals surface area contributed by atoms with Gasteiger partial charge in [0.15, 0.2) is 0 Å². The van der Waals surface area contributed by atoms with Crippen molar-refractivity contribution < 1.29 is 4.79 Å². The summed E-state index contributed by atoms with van der Waals surface area (Å²) in [4.78, 5) is 25.3. The van der Waals surface area contributed by atoms with Crippen molar-refractivity contribution in [3.05, 3.63) is 72.2 Å². The van der Waals surface area contributed by atoms with Gasteiger partial charge < -0.3 is 10.6 Å². The average molecular weight is 333 g/mol. The van der Waals surface area contributed by atoms with Gasteiger partial charge in [-0.1, -0.05) is 0 Å². The summed E-state index contributed by atoms with van der Waals surface area (Å²) in [6, 6.07) is 6.90. The lowest BCUT2D eigenvalue weighted by molar-refractivity contribution is -0.113. The highest BCUT2D eigenvalue weighted by atomic mass is 16.1. The first-order valence-electron chi connectivity index (χ1n) is 7.72. The summed E-state index contributed by atoms with van der Waals surface area (Å²) in [5.74, 6) is 0.373. The maximum atomic E-state index is 13.0. The normalized spacial score (nSPS) is 16.1. The lowest BCUT2D eigenvalue weighted by atomic mass is 9.96. The Balaban J connectivity index is 1.77. The van der Waals surface area contributed by atoms with E-state index in [0.29, 0.717) is 17.2 Å². The second-order valence-electron chi connectivity index (χ2n) is 5.57. The molecule has 8 nitrogen and oxygen atoms in total. The van der Waals surface area contributed by atoms with E-state index in [1.54, 1.807) is 41.6 Å². The van der Waals surface area contributed by atoms with Crippen LogP contribution in [0.1, 0.15) is 18.5 Å². The Morgan fingerprint density at radius 2 is 2.04 bits per heavy atom. The monoisotopic (exact) mass is 333 g/mol. The van der Waals surface area contributed by atoms with Crippen LogP contribution in [0.4, 0.5) is 11.6 Å². The zero-order chi connectivity index (χ0) is 17.2. The molecule has 0 bridgehead atoms. The fourth-order valence-corrected chi connectivity index (χ4v) is 2.87. The van der Waals surface area contributed by atoms with Gasteiger partial charge in [-0.3, -0.25) is 14.8 Å². The number of hydrogen-bond acceptors (Lipinski definition) is 6. The lowest BCUT2D eigenvalue weighted by Gasteiger charge is -2.28. The molecule has 4 rings (SSSR count). The summed E-state index contributed by atoms with van der Waals surface area (Å²) in [6.45, 7) is 1.85. The molecule has 4 heterocycles. The molecule has 25 heavy (non-hydrogen) atoms. The van der Waals surface area contributed by atoms with Crippen molar-refractivity contribution >= 4 is 17.5 Å². The molecule has 0 fully saturated rings. The molecule has 1 aliphatic rings. The van der Waals surface area contributed by atoms with Crippen molar-refractivity contribution in [1.82, 2.24) is 24.7 Å². The standard InChI is InChI=1S/C17H15N7O/c1-11-14(16(25)23-13-3-2-6-19-9-13)15(12-4-7-18-8-5-12)24-17(22-11)20-10-21-24/h2-10,15H,1H3,(H,23,25)(H,20,21,22)/t15-/m1/s1. The minimum Gasteiger partial charge on any atom is -0.328 e. The third kappa shape index (κ3) is 2.74. The molecular formula is C17H15N7O. The van der Waals surface area contributed by atoms with Crippen LogP contribution in [0.25, 0.3) is 0 Å². The van der Waals surface area contributed by atoms with Crippen molar-refractivity contribution in [2.45, 2.75) is 13.0 Å². The first-order valence-corrected chi connectivity index (χ1v) is 7.72. The van der Waals surface area contributed by atoms with Gasteiger partial charge in [-0.2, -0.15) is 10.1 Å². The van der Waals surface area contributed by atoms with Crippen molar-refractivity contribution in [2.75, 3.05) is 10.6 Å². The van der Waals surface area contributed by atoms with Crippen LogP contribution in [-0.2, 0) is 4.79 Å². The number of nitrogens with zero attached hydrogens (tertiary/aromatic N) is 5. The van der Waals surface area contributed by atoms with Crippen LogP contribution >= 0.6 is 0 Å². The number of amides is 1. The van der Waals surface area contributed by atoms with Crippen LogP contribution in [0.2, 0.25) is 0 Å². The third-order valence-electron chi connectivity index (χ3n) is 3.98. The summed E-state index contributed by atoms with van der Waals surface area (Å²) in [5, 5.41) is 10.3. The van der Waals surface area contributed by atoms with Crippen LogP contribution in [-0.4, -0.2) is 30.6 Å². The number of nitrogens with one attached hydrogen (secondary N) is 2. The Labute approximate surface area is 143 Å². The number of hydrogen-bond donors (Lipinski definition) is 2.